The van der Waals surface area contributed by atoms with Crippen LogP contribution >= 0.6 is 0 Å². The predicted molar refractivity (Wildman–Crippen MR) is 99.0 cm³/mol. The first-order valence-electron chi connectivity index (χ1n) is 9.10. The van der Waals surface area contributed by atoms with Crippen molar-refractivity contribution < 1.29 is 18.7 Å². The molecule has 28 heavy (non-hydrogen) atoms. The maximum atomic E-state index is 13.6. The van der Waals surface area contributed by atoms with Crippen molar-refractivity contribution in [2.24, 2.45) is 0 Å². The zero-order chi connectivity index (χ0) is 19.7. The maximum absolute atomic E-state index is 13.6. The van der Waals surface area contributed by atoms with Crippen LogP contribution in [0, 0.1) is 11.6 Å². The highest BCUT2D eigenvalue weighted by Crippen LogP contribution is 2.28. The van der Waals surface area contributed by atoms with E-state index in [0.717, 1.165) is 53.8 Å². The van der Waals surface area contributed by atoms with Crippen molar-refractivity contribution in [2.75, 3.05) is 0 Å². The molecule has 0 bridgehead atoms. The van der Waals surface area contributed by atoms with Gasteiger partial charge in [0.2, 0.25) is 0 Å². The third-order valence-corrected chi connectivity index (χ3v) is 5.02. The van der Waals surface area contributed by atoms with Gasteiger partial charge in [-0.15, -0.1) is 0 Å². The molecule has 144 valence electrons. The van der Waals surface area contributed by atoms with Crippen LogP contribution in [0.3, 0.4) is 0 Å². The normalized spacial score (nSPS) is 12.8. The van der Waals surface area contributed by atoms with Gasteiger partial charge in [0.15, 0.2) is 17.3 Å². The number of aliphatic hydroxyl groups is 1. The van der Waals surface area contributed by atoms with Crippen molar-refractivity contribution in [1.82, 2.24) is 15.1 Å². The number of benzene rings is 2. The summed E-state index contributed by atoms with van der Waals surface area (Å²) < 4.78 is 28.4. The number of nitrogens with zero attached hydrogens (tertiary/aromatic N) is 2. The lowest BCUT2D eigenvalue weighted by Crippen LogP contribution is -2.25. The highest BCUT2D eigenvalue weighted by molar-refractivity contribution is 5.94. The quantitative estimate of drug-likeness (QED) is 0.712. The summed E-state index contributed by atoms with van der Waals surface area (Å²) in [5.74, 6) is -2.20. The van der Waals surface area contributed by atoms with Crippen LogP contribution in [-0.2, 0) is 26.0 Å². The second-order valence-electron chi connectivity index (χ2n) is 6.75. The topological polar surface area (TPSA) is 67.2 Å². The molecule has 5 nitrogen and oxygen atoms in total. The van der Waals surface area contributed by atoms with Crippen molar-refractivity contribution in [2.45, 2.75) is 32.4 Å². The van der Waals surface area contributed by atoms with Crippen molar-refractivity contribution >= 4 is 5.91 Å². The minimum Gasteiger partial charge on any atom is -0.392 e. The Morgan fingerprint density at radius 1 is 1.11 bits per heavy atom. The van der Waals surface area contributed by atoms with Crippen LogP contribution in [0.15, 0.2) is 42.5 Å². The lowest BCUT2D eigenvalue weighted by atomic mass is 10.1. The Kier molecular flexibility index (Phi) is 4.92. The van der Waals surface area contributed by atoms with Crippen LogP contribution in [0.25, 0.3) is 5.69 Å². The van der Waals surface area contributed by atoms with Crippen molar-refractivity contribution in [3.8, 4) is 5.69 Å². The fraction of sp³-hybridized carbons (Fsp3) is 0.238. The Morgan fingerprint density at radius 3 is 2.64 bits per heavy atom. The number of rotatable bonds is 5. The van der Waals surface area contributed by atoms with E-state index in [9.17, 15) is 18.7 Å². The molecule has 3 aromatic rings. The number of amides is 1. The summed E-state index contributed by atoms with van der Waals surface area (Å²) in [5, 5.41) is 16.7. The van der Waals surface area contributed by atoms with Crippen LogP contribution in [0.5, 0.6) is 0 Å². The van der Waals surface area contributed by atoms with E-state index in [0.29, 0.717) is 11.4 Å². The minimum absolute atomic E-state index is 0.105. The molecule has 0 aliphatic heterocycles. The van der Waals surface area contributed by atoms with Gasteiger partial charge in [-0.3, -0.25) is 4.79 Å². The van der Waals surface area contributed by atoms with Gasteiger partial charge >= 0.3 is 0 Å². The number of fused-ring (bicyclic) bond motifs is 1. The monoisotopic (exact) mass is 383 g/mol. The highest BCUT2D eigenvalue weighted by atomic mass is 19.2. The number of carbonyl (C=O) groups is 1. The molecule has 7 heteroatoms. The molecule has 0 saturated carbocycles. The molecule has 0 fully saturated rings. The van der Waals surface area contributed by atoms with E-state index in [2.05, 4.69) is 10.4 Å². The van der Waals surface area contributed by atoms with E-state index >= 15 is 0 Å². The zero-order valence-corrected chi connectivity index (χ0v) is 15.1. The average Bonchev–Trinajstić information content (AvgIpc) is 3.31. The van der Waals surface area contributed by atoms with Crippen LogP contribution < -0.4 is 5.32 Å². The summed E-state index contributed by atoms with van der Waals surface area (Å²) >= 11 is 0. The van der Waals surface area contributed by atoms with E-state index in [1.807, 2.05) is 18.2 Å². The molecule has 1 heterocycles. The number of hydrogen-bond donors (Lipinski definition) is 2. The summed E-state index contributed by atoms with van der Waals surface area (Å²) in [7, 11) is 0. The van der Waals surface area contributed by atoms with E-state index in [-0.39, 0.29) is 19.1 Å². The van der Waals surface area contributed by atoms with E-state index < -0.39 is 11.6 Å². The van der Waals surface area contributed by atoms with Crippen molar-refractivity contribution in [3.05, 3.63) is 82.2 Å². The summed E-state index contributed by atoms with van der Waals surface area (Å²) in [5.41, 5.74) is 3.97. The van der Waals surface area contributed by atoms with Crippen molar-refractivity contribution in [3.63, 3.8) is 0 Å². The van der Waals surface area contributed by atoms with Gasteiger partial charge in [-0.05, 0) is 42.5 Å². The summed E-state index contributed by atoms with van der Waals surface area (Å²) in [4.78, 5) is 12.8. The molecule has 2 aromatic carbocycles. The van der Waals surface area contributed by atoms with Crippen molar-refractivity contribution in [1.29, 1.82) is 0 Å². The predicted octanol–water partition coefficient (Wildman–Crippen LogP) is 3.06. The first-order valence-corrected chi connectivity index (χ1v) is 9.10. The molecule has 0 spiro atoms. The Balaban J connectivity index is 1.61. The first-order chi connectivity index (χ1) is 13.6. The third kappa shape index (κ3) is 3.29. The second-order valence-corrected chi connectivity index (χ2v) is 6.75. The molecule has 2 N–H and O–H groups in total. The number of aromatic nitrogens is 2. The molecule has 0 atom stereocenters. The average molecular weight is 383 g/mol. The van der Waals surface area contributed by atoms with Gasteiger partial charge in [0.1, 0.15) is 0 Å². The van der Waals surface area contributed by atoms with E-state index in [1.165, 1.54) is 10.7 Å². The Bertz CT molecular complexity index is 1050. The first kappa shape index (κ1) is 18.3. The number of carbonyl (C=O) groups excluding carboxylic acids is 1. The SMILES string of the molecule is O=C(NCc1ccccc1CO)c1nn(-c2ccc(F)c(F)c2)c2c1CCC2. The molecular formula is C21H19F2N3O2. The molecule has 0 radical (unpaired) electrons. The Hall–Kier alpha value is -3.06. The molecular weight excluding hydrogens is 364 g/mol. The van der Waals surface area contributed by atoms with Gasteiger partial charge < -0.3 is 10.4 Å². The summed E-state index contributed by atoms with van der Waals surface area (Å²) in [6.45, 7) is 0.161. The molecule has 1 aliphatic rings. The number of aliphatic hydroxyl groups excluding tert-OH is 1. The number of halogens is 2. The summed E-state index contributed by atoms with van der Waals surface area (Å²) in [6.07, 6.45) is 2.32. The molecule has 1 aliphatic carbocycles. The van der Waals surface area contributed by atoms with Crippen LogP contribution in [0.4, 0.5) is 8.78 Å². The lowest BCUT2D eigenvalue weighted by molar-refractivity contribution is 0.0944. The van der Waals surface area contributed by atoms with Gasteiger partial charge in [0.25, 0.3) is 5.91 Å². The number of nitrogens with one attached hydrogen (secondary N) is 1. The molecule has 4 rings (SSSR count). The standard InChI is InChI=1S/C21H19F2N3O2/c22-17-9-8-15(10-18(17)23)26-19-7-3-6-16(19)20(25-26)21(28)24-11-13-4-1-2-5-14(13)12-27/h1-2,4-5,8-10,27H,3,6-7,11-12H2,(H,24,28). The molecule has 1 aromatic heterocycles. The smallest absolute Gasteiger partial charge is 0.272 e. The lowest BCUT2D eigenvalue weighted by Gasteiger charge is -2.08. The van der Waals surface area contributed by atoms with Gasteiger partial charge in [0, 0.05) is 23.9 Å². The highest BCUT2D eigenvalue weighted by Gasteiger charge is 2.27. The second kappa shape index (κ2) is 7.52. The van der Waals surface area contributed by atoms with Crippen LogP contribution in [0.1, 0.15) is 39.3 Å². The van der Waals surface area contributed by atoms with E-state index in [1.54, 1.807) is 6.07 Å². The van der Waals surface area contributed by atoms with Gasteiger partial charge in [-0.2, -0.15) is 5.10 Å². The number of hydrogen-bond acceptors (Lipinski definition) is 3. The van der Waals surface area contributed by atoms with Gasteiger partial charge in [0.05, 0.1) is 12.3 Å². The largest absolute Gasteiger partial charge is 0.392 e. The molecule has 1 amide bonds. The Morgan fingerprint density at radius 2 is 1.89 bits per heavy atom. The minimum atomic E-state index is -0.952. The molecule has 0 saturated heterocycles. The molecule has 0 unspecified atom stereocenters. The van der Waals surface area contributed by atoms with E-state index in [4.69, 9.17) is 0 Å². The van der Waals surface area contributed by atoms with Crippen LogP contribution in [-0.4, -0.2) is 20.8 Å². The third-order valence-electron chi connectivity index (χ3n) is 5.02. The fourth-order valence-corrected chi connectivity index (χ4v) is 3.59. The van der Waals surface area contributed by atoms with Gasteiger partial charge in [-0.25, -0.2) is 13.5 Å². The summed E-state index contributed by atoms with van der Waals surface area (Å²) in [6, 6.07) is 10.9. The zero-order valence-electron chi connectivity index (χ0n) is 15.1. The van der Waals surface area contributed by atoms with Gasteiger partial charge in [-0.1, -0.05) is 24.3 Å². The maximum Gasteiger partial charge on any atom is 0.272 e. The fourth-order valence-electron chi connectivity index (χ4n) is 3.59. The Labute approximate surface area is 160 Å². The van der Waals surface area contributed by atoms with Crippen LogP contribution in [0.2, 0.25) is 0 Å².